The summed E-state index contributed by atoms with van der Waals surface area (Å²) in [6.45, 7) is 6.51. The summed E-state index contributed by atoms with van der Waals surface area (Å²) in [5.74, 6) is 1.90. The summed E-state index contributed by atoms with van der Waals surface area (Å²) in [6.07, 6.45) is 0. The number of fused-ring (bicyclic) bond motifs is 2. The van der Waals surface area contributed by atoms with Crippen LogP contribution in [-0.4, -0.2) is 0 Å². The molecule has 0 saturated carbocycles. The van der Waals surface area contributed by atoms with Crippen LogP contribution < -0.4 is 9.64 Å². The normalized spacial score (nSPS) is 12.8. The zero-order valence-electron chi connectivity index (χ0n) is 12.1. The van der Waals surface area contributed by atoms with E-state index in [9.17, 15) is 0 Å². The molecule has 0 N–H and O–H groups in total. The van der Waals surface area contributed by atoms with Crippen molar-refractivity contribution in [3.8, 4) is 11.5 Å². The second-order valence-electron chi connectivity index (χ2n) is 5.43. The van der Waals surface area contributed by atoms with Crippen molar-refractivity contribution in [1.29, 1.82) is 0 Å². The fourth-order valence-electron chi connectivity index (χ4n) is 3.05. The third kappa shape index (κ3) is 1.90. The van der Waals surface area contributed by atoms with Crippen LogP contribution in [0.5, 0.6) is 11.5 Å². The Morgan fingerprint density at radius 2 is 1.33 bits per heavy atom. The molecule has 0 aliphatic carbocycles. The average Bonchev–Trinajstić information content (AvgIpc) is 3.04. The molecular formula is C17H15NOS2. The van der Waals surface area contributed by atoms with Gasteiger partial charge in [0.1, 0.15) is 11.4 Å². The number of aryl methyl sites for hydroxylation is 3. The Bertz CT molecular complexity index is 768. The fourth-order valence-corrected chi connectivity index (χ4v) is 4.47. The van der Waals surface area contributed by atoms with Crippen LogP contribution in [0.15, 0.2) is 33.7 Å². The fraction of sp³-hybridized carbons (Fsp3) is 0.176. The van der Waals surface area contributed by atoms with E-state index in [-0.39, 0.29) is 0 Å². The van der Waals surface area contributed by atoms with Gasteiger partial charge in [0.25, 0.3) is 0 Å². The van der Waals surface area contributed by atoms with Crippen LogP contribution in [0.25, 0.3) is 0 Å². The van der Waals surface area contributed by atoms with Gasteiger partial charge in [0.15, 0.2) is 11.5 Å². The first-order valence-corrected chi connectivity index (χ1v) is 8.72. The molecule has 21 heavy (non-hydrogen) atoms. The molecule has 0 radical (unpaired) electrons. The minimum Gasteiger partial charge on any atom is -0.451 e. The van der Waals surface area contributed by atoms with Gasteiger partial charge in [0, 0.05) is 21.5 Å². The highest BCUT2D eigenvalue weighted by Crippen LogP contribution is 2.54. The van der Waals surface area contributed by atoms with Crippen LogP contribution in [0.1, 0.15) is 16.7 Å². The van der Waals surface area contributed by atoms with E-state index in [2.05, 4.69) is 59.3 Å². The predicted molar refractivity (Wildman–Crippen MR) is 91.2 cm³/mol. The molecule has 1 aliphatic rings. The summed E-state index contributed by atoms with van der Waals surface area (Å²) in [6, 6.07) is 4.49. The molecule has 0 atom stereocenters. The molecule has 0 bridgehead atoms. The highest BCUT2D eigenvalue weighted by Gasteiger charge is 2.29. The van der Waals surface area contributed by atoms with E-state index in [0.29, 0.717) is 0 Å². The molecule has 0 amide bonds. The maximum absolute atomic E-state index is 5.99. The van der Waals surface area contributed by atoms with Gasteiger partial charge in [0.2, 0.25) is 0 Å². The Morgan fingerprint density at radius 1 is 0.810 bits per heavy atom. The summed E-state index contributed by atoms with van der Waals surface area (Å²) in [7, 11) is 0. The van der Waals surface area contributed by atoms with E-state index in [0.717, 1.165) is 22.9 Å². The number of ether oxygens (including phenoxy) is 1. The Labute approximate surface area is 132 Å². The smallest absolute Gasteiger partial charge is 0.162 e. The molecule has 1 aromatic carbocycles. The van der Waals surface area contributed by atoms with Crippen molar-refractivity contribution >= 4 is 39.7 Å². The number of benzene rings is 1. The van der Waals surface area contributed by atoms with Gasteiger partial charge in [-0.15, -0.1) is 22.7 Å². The first kappa shape index (κ1) is 12.9. The largest absolute Gasteiger partial charge is 0.451 e. The summed E-state index contributed by atoms with van der Waals surface area (Å²) >= 11 is 3.36. The molecular weight excluding hydrogens is 298 g/mol. The van der Waals surface area contributed by atoms with Crippen molar-refractivity contribution < 1.29 is 4.74 Å². The van der Waals surface area contributed by atoms with Gasteiger partial charge in [0.05, 0.1) is 5.69 Å². The van der Waals surface area contributed by atoms with E-state index in [1.807, 2.05) is 0 Å². The third-order valence-corrected chi connectivity index (χ3v) is 5.19. The number of anilines is 3. The maximum atomic E-state index is 5.99. The standard InChI is InChI=1S/C17H15NOS2/c1-10-4-11(2)17(12(3)5-10)18-13-6-20-8-15(13)19-16-9-21-7-14(16)18/h4-9H,1-3H3. The average molecular weight is 313 g/mol. The monoisotopic (exact) mass is 313 g/mol. The van der Waals surface area contributed by atoms with Crippen LogP contribution in [0.2, 0.25) is 0 Å². The van der Waals surface area contributed by atoms with Crippen molar-refractivity contribution in [2.24, 2.45) is 0 Å². The van der Waals surface area contributed by atoms with Gasteiger partial charge in [-0.05, 0) is 31.9 Å². The lowest BCUT2D eigenvalue weighted by molar-refractivity contribution is 0.482. The first-order chi connectivity index (χ1) is 10.1. The maximum Gasteiger partial charge on any atom is 0.162 e. The van der Waals surface area contributed by atoms with Crippen molar-refractivity contribution in [2.75, 3.05) is 4.90 Å². The Morgan fingerprint density at radius 3 is 1.86 bits per heavy atom. The Hall–Kier alpha value is -1.78. The second-order valence-corrected chi connectivity index (χ2v) is 6.91. The number of nitrogens with zero attached hydrogens (tertiary/aromatic N) is 1. The topological polar surface area (TPSA) is 12.5 Å². The summed E-state index contributed by atoms with van der Waals surface area (Å²) in [4.78, 5) is 2.34. The van der Waals surface area contributed by atoms with Crippen LogP contribution in [0.4, 0.5) is 17.1 Å². The Balaban J connectivity index is 2.00. The van der Waals surface area contributed by atoms with Crippen LogP contribution >= 0.6 is 22.7 Å². The molecule has 0 fully saturated rings. The van der Waals surface area contributed by atoms with Gasteiger partial charge < -0.3 is 9.64 Å². The molecule has 0 spiro atoms. The minimum absolute atomic E-state index is 0.949. The highest BCUT2D eigenvalue weighted by molar-refractivity contribution is 7.09. The molecule has 4 rings (SSSR count). The van der Waals surface area contributed by atoms with Gasteiger partial charge >= 0.3 is 0 Å². The molecule has 2 nitrogen and oxygen atoms in total. The van der Waals surface area contributed by atoms with Gasteiger partial charge in [-0.25, -0.2) is 0 Å². The van der Waals surface area contributed by atoms with Crippen molar-refractivity contribution in [2.45, 2.75) is 20.8 Å². The van der Waals surface area contributed by atoms with Crippen LogP contribution in [0.3, 0.4) is 0 Å². The van der Waals surface area contributed by atoms with Gasteiger partial charge in [-0.1, -0.05) is 17.7 Å². The van der Waals surface area contributed by atoms with E-state index >= 15 is 0 Å². The number of rotatable bonds is 1. The van der Waals surface area contributed by atoms with Crippen molar-refractivity contribution in [3.05, 3.63) is 50.3 Å². The number of hydrogen-bond donors (Lipinski definition) is 0. The van der Waals surface area contributed by atoms with E-state index in [4.69, 9.17) is 4.74 Å². The van der Waals surface area contributed by atoms with Crippen molar-refractivity contribution in [3.63, 3.8) is 0 Å². The molecule has 0 saturated heterocycles. The quantitative estimate of drug-likeness (QED) is 0.408. The lowest BCUT2D eigenvalue weighted by Gasteiger charge is -2.31. The Kier molecular flexibility index (Phi) is 2.84. The molecule has 1 aliphatic heterocycles. The van der Waals surface area contributed by atoms with E-state index in [1.165, 1.54) is 22.4 Å². The SMILES string of the molecule is Cc1cc(C)c(N2c3cscc3Oc3cscc32)c(C)c1. The predicted octanol–water partition coefficient (Wildman–Crippen LogP) is 6.31. The summed E-state index contributed by atoms with van der Waals surface area (Å²) in [5, 5.41) is 8.47. The lowest BCUT2D eigenvalue weighted by Crippen LogP contribution is -2.15. The van der Waals surface area contributed by atoms with Crippen LogP contribution in [0, 0.1) is 20.8 Å². The molecule has 106 valence electrons. The summed E-state index contributed by atoms with van der Waals surface area (Å²) < 4.78 is 5.99. The van der Waals surface area contributed by atoms with E-state index < -0.39 is 0 Å². The molecule has 3 aromatic rings. The first-order valence-electron chi connectivity index (χ1n) is 6.83. The molecule has 2 aromatic heterocycles. The zero-order chi connectivity index (χ0) is 14.6. The lowest BCUT2D eigenvalue weighted by atomic mass is 10.0. The number of thiophene rings is 2. The zero-order valence-corrected chi connectivity index (χ0v) is 13.8. The minimum atomic E-state index is 0.949. The molecule has 3 heterocycles. The summed E-state index contributed by atoms with van der Waals surface area (Å²) in [5.41, 5.74) is 7.44. The number of hydrogen-bond acceptors (Lipinski definition) is 4. The van der Waals surface area contributed by atoms with E-state index in [1.54, 1.807) is 22.7 Å². The third-order valence-electron chi connectivity index (χ3n) is 3.78. The second kappa shape index (κ2) is 4.61. The van der Waals surface area contributed by atoms with Gasteiger partial charge in [-0.3, -0.25) is 0 Å². The molecule has 4 heteroatoms. The highest BCUT2D eigenvalue weighted by atomic mass is 32.1. The van der Waals surface area contributed by atoms with Crippen LogP contribution in [-0.2, 0) is 0 Å². The van der Waals surface area contributed by atoms with Crippen molar-refractivity contribution in [1.82, 2.24) is 0 Å². The molecule has 0 unspecified atom stereocenters. The van der Waals surface area contributed by atoms with Gasteiger partial charge in [-0.2, -0.15) is 0 Å².